The number of hydrogen-bond acceptors (Lipinski definition) is 3. The van der Waals surface area contributed by atoms with Crippen molar-refractivity contribution in [2.75, 3.05) is 7.11 Å². The summed E-state index contributed by atoms with van der Waals surface area (Å²) in [7, 11) is 1.34. The maximum absolute atomic E-state index is 14.0. The van der Waals surface area contributed by atoms with Crippen LogP contribution >= 0.6 is 0 Å². The standard InChI is InChI=1S/C14H11FO4/c1-19-12-4-2-3-10(13(12)15)9-6-5-8(14(17)18)7-11(9)16/h2-7,16H,1H3,(H,17,18). The molecule has 0 saturated carbocycles. The van der Waals surface area contributed by atoms with Crippen LogP contribution in [0.15, 0.2) is 36.4 Å². The van der Waals surface area contributed by atoms with Gasteiger partial charge in [-0.25, -0.2) is 9.18 Å². The molecule has 2 aromatic rings. The first-order valence-corrected chi connectivity index (χ1v) is 5.43. The fourth-order valence-corrected chi connectivity index (χ4v) is 1.77. The van der Waals surface area contributed by atoms with Crippen LogP contribution in [0.25, 0.3) is 11.1 Å². The molecule has 0 atom stereocenters. The van der Waals surface area contributed by atoms with Gasteiger partial charge in [-0.05, 0) is 24.3 Å². The molecule has 98 valence electrons. The summed E-state index contributed by atoms with van der Waals surface area (Å²) < 4.78 is 18.9. The lowest BCUT2D eigenvalue weighted by atomic mass is 10.0. The van der Waals surface area contributed by atoms with E-state index in [0.29, 0.717) is 0 Å². The average molecular weight is 262 g/mol. The van der Waals surface area contributed by atoms with Crippen molar-refractivity contribution in [3.05, 3.63) is 47.8 Å². The average Bonchev–Trinajstić information content (AvgIpc) is 2.39. The molecular weight excluding hydrogens is 251 g/mol. The zero-order valence-electron chi connectivity index (χ0n) is 10.1. The van der Waals surface area contributed by atoms with Gasteiger partial charge in [0, 0.05) is 11.1 Å². The van der Waals surface area contributed by atoms with E-state index in [9.17, 15) is 14.3 Å². The fourth-order valence-electron chi connectivity index (χ4n) is 1.77. The predicted octanol–water partition coefficient (Wildman–Crippen LogP) is 2.91. The highest BCUT2D eigenvalue weighted by Crippen LogP contribution is 2.34. The fraction of sp³-hybridized carbons (Fsp3) is 0.0714. The molecule has 0 aliphatic heterocycles. The number of carbonyl (C=O) groups is 1. The molecule has 2 rings (SSSR count). The second-order valence-electron chi connectivity index (χ2n) is 3.86. The lowest BCUT2D eigenvalue weighted by Gasteiger charge is -2.09. The number of rotatable bonds is 3. The van der Waals surface area contributed by atoms with Crippen LogP contribution in [0.3, 0.4) is 0 Å². The van der Waals surface area contributed by atoms with Gasteiger partial charge in [-0.1, -0.05) is 12.1 Å². The van der Waals surface area contributed by atoms with Crippen molar-refractivity contribution in [2.24, 2.45) is 0 Å². The van der Waals surface area contributed by atoms with Gasteiger partial charge in [0.1, 0.15) is 5.75 Å². The Hall–Kier alpha value is -2.56. The van der Waals surface area contributed by atoms with Crippen LogP contribution in [0.4, 0.5) is 4.39 Å². The molecule has 0 radical (unpaired) electrons. The Bertz CT molecular complexity index is 637. The van der Waals surface area contributed by atoms with E-state index in [4.69, 9.17) is 9.84 Å². The number of aromatic hydroxyl groups is 1. The lowest BCUT2D eigenvalue weighted by Crippen LogP contribution is -1.96. The van der Waals surface area contributed by atoms with Crippen LogP contribution in [0.1, 0.15) is 10.4 Å². The minimum atomic E-state index is -1.16. The summed E-state index contributed by atoms with van der Waals surface area (Å²) >= 11 is 0. The summed E-state index contributed by atoms with van der Waals surface area (Å²) in [6.07, 6.45) is 0. The molecule has 0 bridgehead atoms. The van der Waals surface area contributed by atoms with Crippen molar-refractivity contribution < 1.29 is 24.1 Å². The van der Waals surface area contributed by atoms with E-state index in [-0.39, 0.29) is 28.2 Å². The highest BCUT2D eigenvalue weighted by atomic mass is 19.1. The molecule has 0 amide bonds. The van der Waals surface area contributed by atoms with Crippen molar-refractivity contribution in [2.45, 2.75) is 0 Å². The van der Waals surface area contributed by atoms with Crippen molar-refractivity contribution in [3.8, 4) is 22.6 Å². The van der Waals surface area contributed by atoms with E-state index in [1.54, 1.807) is 6.07 Å². The molecule has 5 heteroatoms. The molecule has 2 aromatic carbocycles. The normalized spacial score (nSPS) is 10.2. The number of halogens is 1. The molecule has 0 aliphatic carbocycles. The molecule has 0 aromatic heterocycles. The molecule has 0 aliphatic rings. The highest BCUT2D eigenvalue weighted by molar-refractivity contribution is 5.89. The Balaban J connectivity index is 2.57. The largest absolute Gasteiger partial charge is 0.507 e. The monoisotopic (exact) mass is 262 g/mol. The number of ether oxygens (including phenoxy) is 1. The van der Waals surface area contributed by atoms with Crippen molar-refractivity contribution >= 4 is 5.97 Å². The minimum absolute atomic E-state index is 0.0548. The zero-order chi connectivity index (χ0) is 14.0. The number of carboxylic acids is 1. The molecule has 2 N–H and O–H groups in total. The SMILES string of the molecule is COc1cccc(-c2ccc(C(=O)O)cc2O)c1F. The molecule has 0 unspecified atom stereocenters. The second-order valence-corrected chi connectivity index (χ2v) is 3.86. The summed E-state index contributed by atoms with van der Waals surface area (Å²) in [5.41, 5.74) is 0.291. The molecule has 0 spiro atoms. The van der Waals surface area contributed by atoms with Crippen molar-refractivity contribution in [1.29, 1.82) is 0 Å². The number of carboxylic acid groups (broad SMARTS) is 1. The molecule has 0 fully saturated rings. The van der Waals surface area contributed by atoms with Crippen LogP contribution in [0.5, 0.6) is 11.5 Å². The Kier molecular flexibility index (Phi) is 3.37. The Morgan fingerprint density at radius 2 is 1.95 bits per heavy atom. The highest BCUT2D eigenvalue weighted by Gasteiger charge is 2.15. The number of hydrogen-bond donors (Lipinski definition) is 2. The molecule has 4 nitrogen and oxygen atoms in total. The first-order valence-electron chi connectivity index (χ1n) is 5.43. The van der Waals surface area contributed by atoms with Crippen LogP contribution in [-0.2, 0) is 0 Å². The van der Waals surface area contributed by atoms with Crippen LogP contribution in [-0.4, -0.2) is 23.3 Å². The van der Waals surface area contributed by atoms with E-state index < -0.39 is 11.8 Å². The third-order valence-electron chi connectivity index (χ3n) is 2.72. The number of benzene rings is 2. The van der Waals surface area contributed by atoms with Gasteiger partial charge in [0.25, 0.3) is 0 Å². The van der Waals surface area contributed by atoms with E-state index in [1.165, 1.54) is 31.4 Å². The first-order chi connectivity index (χ1) is 9.04. The topological polar surface area (TPSA) is 66.8 Å². The summed E-state index contributed by atoms with van der Waals surface area (Å²) in [6, 6.07) is 8.26. The molecule has 0 saturated heterocycles. The number of aromatic carboxylic acids is 1. The van der Waals surface area contributed by atoms with Crippen LogP contribution in [0.2, 0.25) is 0 Å². The van der Waals surface area contributed by atoms with E-state index >= 15 is 0 Å². The second kappa shape index (κ2) is 4.97. The van der Waals surface area contributed by atoms with Gasteiger partial charge in [-0.3, -0.25) is 0 Å². The van der Waals surface area contributed by atoms with Crippen LogP contribution in [0, 0.1) is 5.82 Å². The van der Waals surface area contributed by atoms with Gasteiger partial charge in [0.2, 0.25) is 0 Å². The third-order valence-corrected chi connectivity index (χ3v) is 2.72. The summed E-state index contributed by atoms with van der Waals surface area (Å²) in [6.45, 7) is 0. The molecule has 0 heterocycles. The third kappa shape index (κ3) is 2.35. The van der Waals surface area contributed by atoms with Gasteiger partial charge < -0.3 is 14.9 Å². The lowest BCUT2D eigenvalue weighted by molar-refractivity contribution is 0.0696. The van der Waals surface area contributed by atoms with Crippen LogP contribution < -0.4 is 4.74 Å². The minimum Gasteiger partial charge on any atom is -0.507 e. The van der Waals surface area contributed by atoms with E-state index in [2.05, 4.69) is 0 Å². The number of phenols is 1. The summed E-state index contributed by atoms with van der Waals surface area (Å²) in [5, 5.41) is 18.6. The Morgan fingerprint density at radius 3 is 2.53 bits per heavy atom. The zero-order valence-corrected chi connectivity index (χ0v) is 10.1. The van der Waals surface area contributed by atoms with Gasteiger partial charge >= 0.3 is 5.97 Å². The maximum atomic E-state index is 14.0. The van der Waals surface area contributed by atoms with E-state index in [1.807, 2.05) is 0 Å². The van der Waals surface area contributed by atoms with E-state index in [0.717, 1.165) is 6.07 Å². The smallest absolute Gasteiger partial charge is 0.335 e. The maximum Gasteiger partial charge on any atom is 0.335 e. The Morgan fingerprint density at radius 1 is 1.21 bits per heavy atom. The molecule has 19 heavy (non-hydrogen) atoms. The Labute approximate surface area is 108 Å². The van der Waals surface area contributed by atoms with Crippen molar-refractivity contribution in [3.63, 3.8) is 0 Å². The number of phenolic OH excluding ortho intramolecular Hbond substituents is 1. The van der Waals surface area contributed by atoms with Gasteiger partial charge in [-0.15, -0.1) is 0 Å². The quantitative estimate of drug-likeness (QED) is 0.892. The summed E-state index contributed by atoms with van der Waals surface area (Å²) in [4.78, 5) is 10.8. The summed E-state index contributed by atoms with van der Waals surface area (Å²) in [5.74, 6) is -2.01. The van der Waals surface area contributed by atoms with Crippen molar-refractivity contribution in [1.82, 2.24) is 0 Å². The van der Waals surface area contributed by atoms with Gasteiger partial charge in [-0.2, -0.15) is 0 Å². The molecular formula is C14H11FO4. The van der Waals surface area contributed by atoms with Gasteiger partial charge in [0.15, 0.2) is 11.6 Å². The predicted molar refractivity (Wildman–Crippen MR) is 67.0 cm³/mol. The first kappa shape index (κ1) is 12.9. The van der Waals surface area contributed by atoms with Gasteiger partial charge in [0.05, 0.1) is 12.7 Å². The number of methoxy groups -OCH3 is 1.